The van der Waals surface area contributed by atoms with Crippen LogP contribution in [0.25, 0.3) is 41.7 Å². The Kier molecular flexibility index (Phi) is 6.23. The van der Waals surface area contributed by atoms with Gasteiger partial charge in [-0.2, -0.15) is 0 Å². The lowest BCUT2D eigenvalue weighted by molar-refractivity contribution is -0.130. The number of fused-ring (bicyclic) bond motifs is 7. The summed E-state index contributed by atoms with van der Waals surface area (Å²) in [5.41, 5.74) is 2.82. The molecule has 0 saturated heterocycles. The van der Waals surface area contributed by atoms with Crippen molar-refractivity contribution in [1.82, 2.24) is 0 Å². The number of alkyl halides is 1. The molecule has 0 aliphatic heterocycles. The summed E-state index contributed by atoms with van der Waals surface area (Å²) in [5.74, 6) is 0.259. The van der Waals surface area contributed by atoms with Gasteiger partial charge in [0.2, 0.25) is 0 Å². The van der Waals surface area contributed by atoms with Gasteiger partial charge in [-0.1, -0.05) is 102 Å². The number of aryl methyl sites for hydroxylation is 2. The van der Waals surface area contributed by atoms with Gasteiger partial charge in [0.1, 0.15) is 5.75 Å². The summed E-state index contributed by atoms with van der Waals surface area (Å²) < 4.78 is 8.90. The lowest BCUT2D eigenvalue weighted by Crippen LogP contribution is -2.12. The SMILES string of the molecule is C=C(CI)C(=O)Oc1ccccc1CCc1cc2ccccc2c2c1sc1ccc3ccccc3c12. The highest BCUT2D eigenvalue weighted by Crippen LogP contribution is 2.44. The Morgan fingerprint density at radius 2 is 1.44 bits per heavy atom. The molecule has 6 rings (SSSR count). The van der Waals surface area contributed by atoms with Gasteiger partial charge in [0.25, 0.3) is 0 Å². The number of para-hydroxylation sites is 1. The molecular weight excluding hydrogens is 575 g/mol. The van der Waals surface area contributed by atoms with Gasteiger partial charge in [-0.25, -0.2) is 4.79 Å². The maximum atomic E-state index is 12.4. The molecule has 6 aromatic rings. The standard InChI is InChI=1S/C32H23IO2S/c1-20(19-33)32(34)35-27-13-7-4-9-22(27)14-15-24-18-23-10-3-6-12-26(23)30-29-25-11-5-2-8-21(25)16-17-28(29)36-31(24)30/h2-13,16-18H,1,14-15,19H2. The topological polar surface area (TPSA) is 26.3 Å². The molecule has 0 aliphatic carbocycles. The van der Waals surface area contributed by atoms with Crippen molar-refractivity contribution in [1.29, 1.82) is 0 Å². The number of hydrogen-bond donors (Lipinski definition) is 0. The number of ether oxygens (including phenoxy) is 1. The molecule has 1 aromatic heterocycles. The van der Waals surface area contributed by atoms with Crippen LogP contribution in [-0.4, -0.2) is 10.4 Å². The van der Waals surface area contributed by atoms with E-state index >= 15 is 0 Å². The van der Waals surface area contributed by atoms with Crippen molar-refractivity contribution in [3.63, 3.8) is 0 Å². The smallest absolute Gasteiger partial charge is 0.339 e. The van der Waals surface area contributed by atoms with Gasteiger partial charge in [0.15, 0.2) is 0 Å². The van der Waals surface area contributed by atoms with Crippen LogP contribution in [0.2, 0.25) is 0 Å². The minimum absolute atomic E-state index is 0.360. The number of thiophene rings is 1. The first-order chi connectivity index (χ1) is 17.6. The van der Waals surface area contributed by atoms with E-state index in [9.17, 15) is 4.79 Å². The van der Waals surface area contributed by atoms with E-state index in [0.717, 1.165) is 18.4 Å². The third kappa shape index (κ3) is 4.08. The van der Waals surface area contributed by atoms with Crippen molar-refractivity contribution < 1.29 is 9.53 Å². The van der Waals surface area contributed by atoms with E-state index < -0.39 is 0 Å². The van der Waals surface area contributed by atoms with Crippen LogP contribution < -0.4 is 4.74 Å². The zero-order valence-corrected chi connectivity index (χ0v) is 22.6. The molecule has 0 bridgehead atoms. The second-order valence-electron chi connectivity index (χ2n) is 8.96. The summed E-state index contributed by atoms with van der Waals surface area (Å²) in [6, 6.07) is 32.0. The van der Waals surface area contributed by atoms with Crippen molar-refractivity contribution in [3.8, 4) is 5.75 Å². The van der Waals surface area contributed by atoms with Crippen molar-refractivity contribution >= 4 is 81.6 Å². The highest BCUT2D eigenvalue weighted by molar-refractivity contribution is 14.1. The fourth-order valence-corrected chi connectivity index (χ4v) is 6.54. The molecule has 0 N–H and O–H groups in total. The van der Waals surface area contributed by atoms with Crippen LogP contribution in [0, 0.1) is 0 Å². The van der Waals surface area contributed by atoms with Crippen LogP contribution >= 0.6 is 33.9 Å². The predicted molar refractivity (Wildman–Crippen MR) is 162 cm³/mol. The number of esters is 1. The van der Waals surface area contributed by atoms with Crippen molar-refractivity contribution in [2.45, 2.75) is 12.8 Å². The molecule has 0 atom stereocenters. The second kappa shape index (κ2) is 9.68. The molecule has 4 heteroatoms. The summed E-state index contributed by atoms with van der Waals surface area (Å²) in [6.07, 6.45) is 1.64. The summed E-state index contributed by atoms with van der Waals surface area (Å²) in [4.78, 5) is 12.4. The quantitative estimate of drug-likeness (QED) is 0.0629. The number of hydrogen-bond acceptors (Lipinski definition) is 3. The lowest BCUT2D eigenvalue weighted by Gasteiger charge is -2.12. The molecular formula is C32H23IO2S. The first-order valence-corrected chi connectivity index (χ1v) is 14.3. The highest BCUT2D eigenvalue weighted by atomic mass is 127. The number of carbonyl (C=O) groups excluding carboxylic acids is 1. The highest BCUT2D eigenvalue weighted by Gasteiger charge is 2.17. The van der Waals surface area contributed by atoms with Crippen LogP contribution in [0.5, 0.6) is 5.75 Å². The number of carbonyl (C=O) groups is 1. The zero-order valence-electron chi connectivity index (χ0n) is 19.6. The van der Waals surface area contributed by atoms with Gasteiger partial charge in [0.05, 0.1) is 0 Å². The summed E-state index contributed by atoms with van der Waals surface area (Å²) >= 11 is 4.01. The Morgan fingerprint density at radius 3 is 2.25 bits per heavy atom. The number of rotatable bonds is 6. The Hall–Kier alpha value is -3.22. The van der Waals surface area contributed by atoms with E-state index in [-0.39, 0.29) is 5.97 Å². The maximum Gasteiger partial charge on any atom is 0.339 e. The molecule has 0 radical (unpaired) electrons. The van der Waals surface area contributed by atoms with Gasteiger partial charge >= 0.3 is 5.97 Å². The third-order valence-corrected chi connectivity index (χ3v) is 8.87. The molecule has 36 heavy (non-hydrogen) atoms. The van der Waals surface area contributed by atoms with Gasteiger partial charge in [0, 0.05) is 30.2 Å². The average molecular weight is 599 g/mol. The van der Waals surface area contributed by atoms with E-state index in [1.807, 2.05) is 35.6 Å². The van der Waals surface area contributed by atoms with Crippen LogP contribution in [0.3, 0.4) is 0 Å². The van der Waals surface area contributed by atoms with Crippen LogP contribution in [0.15, 0.2) is 103 Å². The molecule has 2 nitrogen and oxygen atoms in total. The minimum atomic E-state index is -0.360. The predicted octanol–water partition coefficient (Wildman–Crippen LogP) is 9.04. The molecule has 0 aliphatic rings. The van der Waals surface area contributed by atoms with Crippen molar-refractivity contribution in [2.75, 3.05) is 4.43 Å². The van der Waals surface area contributed by atoms with E-state index in [4.69, 9.17) is 4.74 Å². The molecule has 0 spiro atoms. The first-order valence-electron chi connectivity index (χ1n) is 11.9. The largest absolute Gasteiger partial charge is 0.423 e. The maximum absolute atomic E-state index is 12.4. The van der Waals surface area contributed by atoms with Crippen LogP contribution in [0.4, 0.5) is 0 Å². The molecule has 0 unspecified atom stereocenters. The molecule has 1 heterocycles. The van der Waals surface area contributed by atoms with Gasteiger partial charge in [-0.05, 0) is 63.7 Å². The van der Waals surface area contributed by atoms with E-state index in [2.05, 4.69) is 95.9 Å². The Bertz CT molecular complexity index is 1800. The third-order valence-electron chi connectivity index (χ3n) is 6.72. The van der Waals surface area contributed by atoms with Gasteiger partial charge in [-0.3, -0.25) is 0 Å². The summed E-state index contributed by atoms with van der Waals surface area (Å²) in [5, 5.41) is 7.81. The summed E-state index contributed by atoms with van der Waals surface area (Å²) in [6.45, 7) is 3.82. The Balaban J connectivity index is 1.47. The molecule has 5 aromatic carbocycles. The number of halogens is 1. The van der Waals surface area contributed by atoms with E-state index in [1.165, 1.54) is 47.3 Å². The molecule has 0 saturated carbocycles. The average Bonchev–Trinajstić information content (AvgIpc) is 3.32. The first kappa shape index (κ1) is 23.2. The Morgan fingerprint density at radius 1 is 0.778 bits per heavy atom. The second-order valence-corrected chi connectivity index (χ2v) is 10.8. The minimum Gasteiger partial charge on any atom is -0.423 e. The van der Waals surface area contributed by atoms with Crippen molar-refractivity contribution in [2.24, 2.45) is 0 Å². The number of benzene rings is 5. The molecule has 0 amide bonds. The van der Waals surface area contributed by atoms with E-state index in [1.54, 1.807) is 0 Å². The monoisotopic (exact) mass is 598 g/mol. The molecule has 176 valence electrons. The normalized spacial score (nSPS) is 11.5. The zero-order chi connectivity index (χ0) is 24.6. The van der Waals surface area contributed by atoms with E-state index in [0.29, 0.717) is 15.8 Å². The fraction of sp³-hybridized carbons (Fsp3) is 0.0938. The van der Waals surface area contributed by atoms with Gasteiger partial charge in [-0.15, -0.1) is 11.3 Å². The molecule has 0 fully saturated rings. The van der Waals surface area contributed by atoms with Crippen LogP contribution in [-0.2, 0) is 17.6 Å². The summed E-state index contributed by atoms with van der Waals surface area (Å²) in [7, 11) is 0. The van der Waals surface area contributed by atoms with Crippen LogP contribution in [0.1, 0.15) is 11.1 Å². The fourth-order valence-electron chi connectivity index (χ4n) is 4.95. The lowest BCUT2D eigenvalue weighted by atomic mass is 9.95. The Labute approximate surface area is 227 Å². The van der Waals surface area contributed by atoms with Crippen molar-refractivity contribution in [3.05, 3.63) is 114 Å². The van der Waals surface area contributed by atoms with Gasteiger partial charge < -0.3 is 4.74 Å².